The Morgan fingerprint density at radius 2 is 0.892 bits per heavy atom. The third kappa shape index (κ3) is 7.25. The van der Waals surface area contributed by atoms with Crippen molar-refractivity contribution in [2.45, 2.75) is 13.8 Å². The Balaban J connectivity index is 1.69. The molecule has 4 aromatic carbocycles. The summed E-state index contributed by atoms with van der Waals surface area (Å²) in [5.41, 5.74) is 10.5. The number of hydrogen-bond donors (Lipinski definition) is 2. The van der Waals surface area contributed by atoms with Crippen molar-refractivity contribution in [3.05, 3.63) is 131 Å². The van der Waals surface area contributed by atoms with E-state index in [0.717, 1.165) is 34.3 Å². The van der Waals surface area contributed by atoms with Gasteiger partial charge in [-0.3, -0.25) is 20.4 Å². The molecule has 0 spiro atoms. The molecule has 0 saturated heterocycles. The summed E-state index contributed by atoms with van der Waals surface area (Å²) in [6.45, 7) is 3.98. The average molecular weight is 507 g/mol. The summed E-state index contributed by atoms with van der Waals surface area (Å²) in [7, 11) is 0. The zero-order valence-corrected chi connectivity index (χ0v) is 21.3. The van der Waals surface area contributed by atoms with Crippen LogP contribution in [0.15, 0.2) is 119 Å². The van der Waals surface area contributed by atoms with Gasteiger partial charge in [0.05, 0.1) is 11.4 Å². The van der Waals surface area contributed by atoms with E-state index in [1.807, 2.05) is 74.5 Å². The van der Waals surface area contributed by atoms with Gasteiger partial charge in [0.2, 0.25) is 11.6 Å². The molecule has 0 fully saturated rings. The first-order chi connectivity index (χ1) is 18.0. The third-order valence-corrected chi connectivity index (χ3v) is 6.27. The fourth-order valence-corrected chi connectivity index (χ4v) is 4.03. The number of rotatable bonds is 8. The van der Waals surface area contributed by atoms with E-state index in [4.69, 9.17) is 0 Å². The molecule has 0 amide bonds. The van der Waals surface area contributed by atoms with Gasteiger partial charge in [-0.05, 0) is 49.9 Å². The Hall–Kier alpha value is -4.49. The van der Waals surface area contributed by atoms with Crippen LogP contribution in [0.25, 0.3) is 0 Å². The van der Waals surface area contributed by atoms with Crippen molar-refractivity contribution in [1.29, 1.82) is 0 Å². The number of aryl methyl sites for hydroxylation is 2. The highest BCUT2D eigenvalue weighted by Gasteiger charge is 2.23. The molecule has 0 radical (unpaired) electrons. The van der Waals surface area contributed by atoms with Gasteiger partial charge in [-0.15, -0.1) is 0 Å². The molecule has 7 heteroatoms. The number of nitrogens with one attached hydrogen (secondary N) is 2. The highest BCUT2D eigenvalue weighted by molar-refractivity contribution is 8.29. The molecule has 37 heavy (non-hydrogen) atoms. The molecule has 0 atom stereocenters. The minimum atomic E-state index is -0.325. The van der Waals surface area contributed by atoms with Crippen molar-refractivity contribution >= 4 is 44.8 Å². The zero-order valence-electron chi connectivity index (χ0n) is 20.5. The second-order valence-corrected chi connectivity index (χ2v) is 9.26. The fourth-order valence-electron chi connectivity index (χ4n) is 3.24. The van der Waals surface area contributed by atoms with Gasteiger partial charge in [-0.2, -0.15) is 10.2 Å². The van der Waals surface area contributed by atoms with Gasteiger partial charge in [-0.1, -0.05) is 96.1 Å². The second-order valence-electron chi connectivity index (χ2n) is 8.28. The fraction of sp³-hybridized carbons (Fsp3) is 0.0667. The molecule has 0 aliphatic carbocycles. The van der Waals surface area contributed by atoms with E-state index < -0.39 is 0 Å². The van der Waals surface area contributed by atoms with Crippen molar-refractivity contribution in [3.63, 3.8) is 0 Å². The molecule has 0 unspecified atom stereocenters. The molecule has 2 N–H and O–H groups in total. The van der Waals surface area contributed by atoms with Crippen LogP contribution in [0.4, 0.5) is 11.4 Å². The van der Waals surface area contributed by atoms with Crippen molar-refractivity contribution in [1.82, 2.24) is 0 Å². The Bertz CT molecular complexity index is 1310. The maximum absolute atomic E-state index is 13.4. The predicted octanol–water partition coefficient (Wildman–Crippen LogP) is 6.95. The summed E-state index contributed by atoms with van der Waals surface area (Å²) in [5.74, 6) is -0.650. The van der Waals surface area contributed by atoms with E-state index in [1.54, 1.807) is 48.5 Å². The minimum absolute atomic E-state index is 0.0838. The molecule has 0 aliphatic heterocycles. The molecule has 0 bridgehead atoms. The summed E-state index contributed by atoms with van der Waals surface area (Å²) in [6.07, 6.45) is 0. The van der Waals surface area contributed by atoms with Crippen LogP contribution in [0.5, 0.6) is 0 Å². The lowest BCUT2D eigenvalue weighted by molar-refractivity contribution is 0.106. The van der Waals surface area contributed by atoms with E-state index in [0.29, 0.717) is 11.1 Å². The van der Waals surface area contributed by atoms with E-state index in [1.165, 1.54) is 0 Å². The zero-order chi connectivity index (χ0) is 26.0. The van der Waals surface area contributed by atoms with Gasteiger partial charge in [0, 0.05) is 11.1 Å². The number of ketones is 2. The highest BCUT2D eigenvalue weighted by Crippen LogP contribution is 2.19. The van der Waals surface area contributed by atoms with Crippen LogP contribution in [0.3, 0.4) is 0 Å². The molecule has 0 saturated carbocycles. The molecule has 4 aromatic rings. The lowest BCUT2D eigenvalue weighted by atomic mass is 10.1. The number of hydrogen-bond acceptors (Lipinski definition) is 7. The standard InChI is InChI=1S/C30H26N4O2S/c1-21-13-17-25(18-14-21)31-33-29(27(35)23-9-5-3-6-10-23)37-30(28(36)24-11-7-4-8-12-24)34-32-26-19-15-22(2)16-20-26/h3-20,31-32H,1-2H3/b33-29-,34-30+. The number of carbonyl (C=O) groups is 2. The Kier molecular flexibility index (Phi) is 8.62. The lowest BCUT2D eigenvalue weighted by Crippen LogP contribution is -2.20. The van der Waals surface area contributed by atoms with Crippen molar-refractivity contribution in [3.8, 4) is 0 Å². The number of Topliss-reactive ketones (excluding diaryl/α,β-unsaturated/α-hetero) is 2. The van der Waals surface area contributed by atoms with Gasteiger partial charge in [0.1, 0.15) is 0 Å². The highest BCUT2D eigenvalue weighted by atomic mass is 32.2. The smallest absolute Gasteiger partial charge is 0.220 e. The quantitative estimate of drug-likeness (QED) is 0.117. The Morgan fingerprint density at radius 3 is 1.24 bits per heavy atom. The van der Waals surface area contributed by atoms with Gasteiger partial charge in [-0.25, -0.2) is 0 Å². The molecule has 6 nitrogen and oxygen atoms in total. The van der Waals surface area contributed by atoms with Crippen LogP contribution < -0.4 is 10.9 Å². The number of benzene rings is 4. The van der Waals surface area contributed by atoms with Gasteiger partial charge < -0.3 is 0 Å². The third-order valence-electron chi connectivity index (χ3n) is 5.33. The molecular formula is C30H26N4O2S. The Morgan fingerprint density at radius 1 is 0.541 bits per heavy atom. The van der Waals surface area contributed by atoms with Crippen molar-refractivity contribution in [2.24, 2.45) is 10.2 Å². The maximum atomic E-state index is 13.4. The van der Waals surface area contributed by atoms with Gasteiger partial charge in [0.25, 0.3) is 0 Å². The predicted molar refractivity (Wildman–Crippen MR) is 154 cm³/mol. The van der Waals surface area contributed by atoms with Gasteiger partial charge in [0.15, 0.2) is 10.1 Å². The molecule has 4 rings (SSSR count). The topological polar surface area (TPSA) is 82.9 Å². The van der Waals surface area contributed by atoms with E-state index in [9.17, 15) is 9.59 Å². The van der Waals surface area contributed by atoms with Crippen molar-refractivity contribution in [2.75, 3.05) is 10.9 Å². The molecule has 0 aromatic heterocycles. The van der Waals surface area contributed by atoms with Gasteiger partial charge >= 0.3 is 0 Å². The summed E-state index contributed by atoms with van der Waals surface area (Å²) in [5, 5.41) is 8.97. The maximum Gasteiger partial charge on any atom is 0.220 e. The molecular weight excluding hydrogens is 480 g/mol. The minimum Gasteiger partial charge on any atom is -0.286 e. The van der Waals surface area contributed by atoms with Crippen molar-refractivity contribution < 1.29 is 9.59 Å². The first-order valence-electron chi connectivity index (χ1n) is 11.7. The van der Waals surface area contributed by atoms with Crippen LogP contribution in [-0.2, 0) is 0 Å². The Labute approximate surface area is 220 Å². The number of nitrogens with zero attached hydrogens (tertiary/aromatic N) is 2. The van der Waals surface area contributed by atoms with Crippen LogP contribution in [0.1, 0.15) is 31.8 Å². The van der Waals surface area contributed by atoms with Crippen LogP contribution in [0.2, 0.25) is 0 Å². The number of carbonyl (C=O) groups excluding carboxylic acids is 2. The van der Waals surface area contributed by atoms with Crippen LogP contribution in [-0.4, -0.2) is 21.7 Å². The van der Waals surface area contributed by atoms with E-state index in [2.05, 4.69) is 21.1 Å². The van der Waals surface area contributed by atoms with E-state index >= 15 is 0 Å². The second kappa shape index (κ2) is 12.5. The number of hydrazone groups is 2. The monoisotopic (exact) mass is 506 g/mol. The summed E-state index contributed by atoms with van der Waals surface area (Å²) >= 11 is 0.916. The lowest BCUT2D eigenvalue weighted by Gasteiger charge is -2.10. The van der Waals surface area contributed by atoms with Crippen LogP contribution in [0, 0.1) is 13.8 Å². The summed E-state index contributed by atoms with van der Waals surface area (Å²) < 4.78 is 0. The largest absolute Gasteiger partial charge is 0.286 e. The average Bonchev–Trinajstić information content (AvgIpc) is 2.94. The molecule has 184 valence electrons. The van der Waals surface area contributed by atoms with Crippen LogP contribution >= 0.6 is 11.8 Å². The first kappa shape index (κ1) is 25.6. The first-order valence-corrected chi connectivity index (χ1v) is 12.5. The summed E-state index contributed by atoms with van der Waals surface area (Å²) in [6, 6.07) is 32.9. The van der Waals surface area contributed by atoms with E-state index in [-0.39, 0.29) is 21.7 Å². The molecule has 0 aliphatic rings. The normalized spacial score (nSPS) is 11.6. The number of anilines is 2. The SMILES string of the molecule is Cc1ccc(N/N=C(\S/C(=N/Nc2ccc(C)cc2)C(=O)c2ccccc2)C(=O)c2ccccc2)cc1. The molecule has 0 heterocycles. The summed E-state index contributed by atoms with van der Waals surface area (Å²) in [4.78, 5) is 26.9. The number of thioether (sulfide) groups is 1.